The number of anilines is 1. The second-order valence-corrected chi connectivity index (χ2v) is 5.72. The summed E-state index contributed by atoms with van der Waals surface area (Å²) < 4.78 is 30.1. The van der Waals surface area contributed by atoms with Crippen molar-refractivity contribution in [3.05, 3.63) is 23.8 Å². The Hall–Kier alpha value is -1.74. The third-order valence-corrected chi connectivity index (χ3v) is 4.53. The number of benzene rings is 1. The van der Waals surface area contributed by atoms with E-state index in [0.29, 0.717) is 30.0 Å². The topological polar surface area (TPSA) is 70.4 Å². The Morgan fingerprint density at radius 2 is 2.24 bits per heavy atom. The standard InChI is InChI=1S/C11H12N2O3S/c1-16-10-5-2-4-9(8-12)11(10)13-6-3-7-17(13,14)15/h2,4-5H,3,6-7H2,1H3. The largest absolute Gasteiger partial charge is 0.495 e. The molecule has 0 amide bonds. The Bertz CT molecular complexity index is 575. The summed E-state index contributed by atoms with van der Waals surface area (Å²) in [5.74, 6) is 0.533. The minimum absolute atomic E-state index is 0.121. The summed E-state index contributed by atoms with van der Waals surface area (Å²) in [5, 5.41) is 9.04. The fraction of sp³-hybridized carbons (Fsp3) is 0.364. The summed E-state index contributed by atoms with van der Waals surface area (Å²) in [6.45, 7) is 0.400. The first kappa shape index (κ1) is 11.7. The van der Waals surface area contributed by atoms with Crippen LogP contribution in [0.25, 0.3) is 0 Å². The summed E-state index contributed by atoms with van der Waals surface area (Å²) in [6, 6.07) is 6.91. The van der Waals surface area contributed by atoms with Crippen LogP contribution in [-0.2, 0) is 10.0 Å². The van der Waals surface area contributed by atoms with Crippen LogP contribution in [0.1, 0.15) is 12.0 Å². The van der Waals surface area contributed by atoms with Crippen LogP contribution in [0.4, 0.5) is 5.69 Å². The van der Waals surface area contributed by atoms with Crippen LogP contribution < -0.4 is 9.04 Å². The number of para-hydroxylation sites is 1. The van der Waals surface area contributed by atoms with Gasteiger partial charge in [0.15, 0.2) is 0 Å². The number of ether oxygens (including phenoxy) is 1. The van der Waals surface area contributed by atoms with Crippen LogP contribution in [0.5, 0.6) is 5.75 Å². The molecule has 5 nitrogen and oxygen atoms in total. The molecule has 0 bridgehead atoms. The average Bonchev–Trinajstić information content (AvgIpc) is 2.67. The van der Waals surface area contributed by atoms with E-state index in [-0.39, 0.29) is 5.75 Å². The molecular formula is C11H12N2O3S. The van der Waals surface area contributed by atoms with Crippen LogP contribution >= 0.6 is 0 Å². The van der Waals surface area contributed by atoms with Crippen molar-refractivity contribution >= 4 is 15.7 Å². The summed E-state index contributed by atoms with van der Waals surface area (Å²) in [6.07, 6.45) is 0.575. The van der Waals surface area contributed by atoms with E-state index in [4.69, 9.17) is 10.00 Å². The molecule has 90 valence electrons. The predicted molar refractivity (Wildman–Crippen MR) is 63.5 cm³/mol. The van der Waals surface area contributed by atoms with Crippen molar-refractivity contribution < 1.29 is 13.2 Å². The number of nitrogens with zero attached hydrogens (tertiary/aromatic N) is 2. The lowest BCUT2D eigenvalue weighted by Crippen LogP contribution is -2.26. The maximum Gasteiger partial charge on any atom is 0.235 e. The zero-order chi connectivity index (χ0) is 12.5. The maximum absolute atomic E-state index is 11.9. The third kappa shape index (κ3) is 1.94. The van der Waals surface area contributed by atoms with E-state index in [1.807, 2.05) is 6.07 Å². The van der Waals surface area contributed by atoms with Gasteiger partial charge in [0.05, 0.1) is 18.4 Å². The summed E-state index contributed by atoms with van der Waals surface area (Å²) in [7, 11) is -1.84. The Labute approximate surface area is 100 Å². The van der Waals surface area contributed by atoms with Gasteiger partial charge in [-0.15, -0.1) is 0 Å². The Morgan fingerprint density at radius 1 is 1.47 bits per heavy atom. The fourth-order valence-corrected chi connectivity index (χ4v) is 3.51. The van der Waals surface area contributed by atoms with E-state index in [0.717, 1.165) is 0 Å². The van der Waals surface area contributed by atoms with Crippen LogP contribution in [0.2, 0.25) is 0 Å². The first-order valence-corrected chi connectivity index (χ1v) is 6.78. The molecule has 0 aliphatic carbocycles. The van der Waals surface area contributed by atoms with Gasteiger partial charge < -0.3 is 4.74 Å². The van der Waals surface area contributed by atoms with Crippen LogP contribution in [0, 0.1) is 11.3 Å². The summed E-state index contributed by atoms with van der Waals surface area (Å²) in [4.78, 5) is 0. The van der Waals surface area contributed by atoms with Gasteiger partial charge in [-0.25, -0.2) is 8.42 Å². The highest BCUT2D eigenvalue weighted by Crippen LogP contribution is 2.35. The average molecular weight is 252 g/mol. The van der Waals surface area contributed by atoms with Crippen LogP contribution in [0.3, 0.4) is 0 Å². The monoisotopic (exact) mass is 252 g/mol. The molecular weight excluding hydrogens is 240 g/mol. The molecule has 0 atom stereocenters. The SMILES string of the molecule is COc1cccc(C#N)c1N1CCCS1(=O)=O. The van der Waals surface area contributed by atoms with Gasteiger partial charge in [-0.2, -0.15) is 5.26 Å². The number of nitriles is 1. The lowest BCUT2D eigenvalue weighted by Gasteiger charge is -2.20. The second-order valence-electron chi connectivity index (χ2n) is 3.71. The van der Waals surface area contributed by atoms with E-state index >= 15 is 0 Å². The summed E-state index contributed by atoms with van der Waals surface area (Å²) in [5.41, 5.74) is 0.671. The molecule has 6 heteroatoms. The molecule has 1 fully saturated rings. The fourth-order valence-electron chi connectivity index (χ4n) is 1.93. The van der Waals surface area contributed by atoms with Crippen molar-refractivity contribution in [2.45, 2.75) is 6.42 Å². The zero-order valence-corrected chi connectivity index (χ0v) is 10.2. The molecule has 1 aliphatic rings. The molecule has 1 aromatic carbocycles. The smallest absolute Gasteiger partial charge is 0.235 e. The predicted octanol–water partition coefficient (Wildman–Crippen LogP) is 1.11. The van der Waals surface area contributed by atoms with Gasteiger partial charge in [-0.1, -0.05) is 6.07 Å². The van der Waals surface area contributed by atoms with Crippen molar-refractivity contribution in [2.75, 3.05) is 23.7 Å². The van der Waals surface area contributed by atoms with Crippen molar-refractivity contribution in [3.8, 4) is 11.8 Å². The van der Waals surface area contributed by atoms with Crippen molar-refractivity contribution in [2.24, 2.45) is 0 Å². The minimum atomic E-state index is -3.30. The molecule has 0 spiro atoms. The highest BCUT2D eigenvalue weighted by Gasteiger charge is 2.32. The lowest BCUT2D eigenvalue weighted by atomic mass is 10.1. The molecule has 2 rings (SSSR count). The normalized spacial score (nSPS) is 17.8. The van der Waals surface area contributed by atoms with Gasteiger partial charge in [0, 0.05) is 6.54 Å². The first-order chi connectivity index (χ1) is 8.10. The van der Waals surface area contributed by atoms with E-state index in [2.05, 4.69) is 0 Å². The lowest BCUT2D eigenvalue weighted by molar-refractivity contribution is 0.415. The Kier molecular flexibility index (Phi) is 2.94. The van der Waals surface area contributed by atoms with Gasteiger partial charge in [0.25, 0.3) is 0 Å². The highest BCUT2D eigenvalue weighted by atomic mass is 32.2. The van der Waals surface area contributed by atoms with Gasteiger partial charge in [0.2, 0.25) is 10.0 Å². The second kappa shape index (κ2) is 4.26. The third-order valence-electron chi connectivity index (χ3n) is 2.69. The number of rotatable bonds is 2. The number of hydrogen-bond acceptors (Lipinski definition) is 4. The van der Waals surface area contributed by atoms with Crippen LogP contribution in [-0.4, -0.2) is 27.8 Å². The molecule has 1 saturated heterocycles. The van der Waals surface area contributed by atoms with Crippen molar-refractivity contribution in [1.29, 1.82) is 5.26 Å². The Balaban J connectivity index is 2.62. The van der Waals surface area contributed by atoms with Gasteiger partial charge >= 0.3 is 0 Å². The number of methoxy groups -OCH3 is 1. The van der Waals surface area contributed by atoms with Crippen molar-refractivity contribution in [1.82, 2.24) is 0 Å². The number of sulfonamides is 1. The zero-order valence-electron chi connectivity index (χ0n) is 9.38. The molecule has 0 radical (unpaired) electrons. The van der Waals surface area contributed by atoms with E-state index in [9.17, 15) is 8.42 Å². The van der Waals surface area contributed by atoms with Gasteiger partial charge in [-0.3, -0.25) is 4.31 Å². The molecule has 0 unspecified atom stereocenters. The van der Waals surface area contributed by atoms with E-state index < -0.39 is 10.0 Å². The maximum atomic E-state index is 11.9. The number of hydrogen-bond donors (Lipinski definition) is 0. The van der Waals surface area contributed by atoms with Crippen molar-refractivity contribution in [3.63, 3.8) is 0 Å². The van der Waals surface area contributed by atoms with Gasteiger partial charge in [-0.05, 0) is 18.6 Å². The molecule has 0 N–H and O–H groups in total. The molecule has 1 heterocycles. The van der Waals surface area contributed by atoms with Crippen LogP contribution in [0.15, 0.2) is 18.2 Å². The Morgan fingerprint density at radius 3 is 2.76 bits per heavy atom. The molecule has 17 heavy (non-hydrogen) atoms. The highest BCUT2D eigenvalue weighted by molar-refractivity contribution is 7.93. The van der Waals surface area contributed by atoms with E-state index in [1.54, 1.807) is 18.2 Å². The van der Waals surface area contributed by atoms with Gasteiger partial charge in [0.1, 0.15) is 17.5 Å². The molecule has 0 aromatic heterocycles. The first-order valence-electron chi connectivity index (χ1n) is 5.17. The molecule has 1 aromatic rings. The molecule has 0 saturated carbocycles. The minimum Gasteiger partial charge on any atom is -0.495 e. The quantitative estimate of drug-likeness (QED) is 0.790. The molecule has 1 aliphatic heterocycles. The summed E-state index contributed by atoms with van der Waals surface area (Å²) >= 11 is 0. The van der Waals surface area contributed by atoms with E-state index in [1.165, 1.54) is 11.4 Å².